The number of nitrogens with one attached hydrogen (secondary N) is 2. The largest absolute Gasteiger partial charge is 1.00 e. The van der Waals surface area contributed by atoms with E-state index in [1.807, 2.05) is 79.8 Å². The molecule has 14 nitrogen and oxygen atoms in total. The number of allylic oxidation sites excluding steroid dienone is 3. The number of fused-ring (bicyclic) bond motifs is 4. The van der Waals surface area contributed by atoms with E-state index in [-0.39, 0.29) is 58.8 Å². The monoisotopic (exact) mass is 1350 g/mol. The predicted molar refractivity (Wildman–Crippen MR) is 369 cm³/mol. The first kappa shape index (κ1) is 77.9. The van der Waals surface area contributed by atoms with Crippen molar-refractivity contribution in [3.63, 3.8) is 0 Å². The van der Waals surface area contributed by atoms with Crippen LogP contribution in [0.3, 0.4) is 0 Å². The van der Waals surface area contributed by atoms with Crippen LogP contribution in [0, 0.1) is 0 Å². The van der Waals surface area contributed by atoms with Gasteiger partial charge in [-0.05, 0) is 157 Å². The second-order valence-corrected chi connectivity index (χ2v) is 28.1. The second kappa shape index (κ2) is 36.2. The van der Waals surface area contributed by atoms with E-state index in [0.717, 1.165) is 53.4 Å². The Morgan fingerprint density at radius 1 is 0.637 bits per heavy atom. The number of thiophene rings is 4. The molecule has 1 fully saturated rings. The molecule has 2 amide bonds. The number of rotatable bonds is 6. The number of benzene rings is 4. The third-order valence-corrected chi connectivity index (χ3v) is 17.9. The molecule has 8 aromatic rings. The Kier molecular flexibility index (Phi) is 31.0. The van der Waals surface area contributed by atoms with Crippen molar-refractivity contribution >= 4 is 147 Å². The van der Waals surface area contributed by atoms with Crippen molar-refractivity contribution in [3.05, 3.63) is 159 Å². The fourth-order valence-electron chi connectivity index (χ4n) is 9.70. The van der Waals surface area contributed by atoms with Crippen LogP contribution in [0.2, 0.25) is 0 Å². The van der Waals surface area contributed by atoms with E-state index in [0.29, 0.717) is 31.0 Å². The van der Waals surface area contributed by atoms with Crippen LogP contribution >= 0.6 is 45.3 Å². The third kappa shape index (κ3) is 24.1. The van der Waals surface area contributed by atoms with Gasteiger partial charge >= 0.3 is 65.2 Å². The molecule has 0 aliphatic carbocycles. The smallest absolute Gasteiger partial charge is 1.00 e. The first-order chi connectivity index (χ1) is 41.8. The summed E-state index contributed by atoms with van der Waals surface area (Å²) < 4.78 is 74.1. The van der Waals surface area contributed by atoms with Crippen LogP contribution in [0.5, 0.6) is 0 Å². The van der Waals surface area contributed by atoms with Crippen LogP contribution in [0.4, 0.5) is 22.8 Å². The standard InChI is InChI=1S/C18H21NO2S.C13H15NS.C13H13NS.C11H19NO5S.C8H7BO2S.C2HF3O.CH4.B.Na.H/c1-18(2,3)21-17(20)19-11-7-6-9-15(19)14-12-22-16-10-5-4-8-13(14)16;2*1-2-7-13-10(5-1)11(9-15-13)12-6-3-4-8-14-12;1-11(2,3)16-10(13)12-8-6-5-7-9(12)17-18(4,14)15;10-9(11)7-5-12-8-4-2-1-3-6(7)8;3-2(4,5)1-6;;;;/h4-5,8-10,12H,6-7,11H2,1-3H3;1-2,5,7,9,12,14H,3-4,6,8H2;1-2,5-7,9,14H,3-4,8H2;7H,5-6,8H2,1-4H3;1-5,10-11H;1H;1H4;;;/q;;;;;;;;+1;-1. The summed E-state index contributed by atoms with van der Waals surface area (Å²) in [4.78, 5) is 36.1. The SMILES string of the molecule is C.C1=C(c2csc3ccccc23)NCCC1.CC(C)(C)OC(=O)N1CCCC=C1OS(C)(=O)=O.CC(C)(C)OC(=O)N1CCCC=C1c1csc2ccccc12.O=CC(F)(F)F.OB(O)c1csc2ccccc12.[B].[H-].[Na+].c1ccc2c(C3CCCCN3)csc2c1. The van der Waals surface area contributed by atoms with Crippen molar-refractivity contribution < 1.29 is 90.7 Å². The summed E-state index contributed by atoms with van der Waals surface area (Å²) >= 11 is 6.93. The first-order valence-electron chi connectivity index (χ1n) is 29.0. The summed E-state index contributed by atoms with van der Waals surface area (Å²) in [7, 11) is -5.01. The number of hydrogen-bond acceptors (Lipinski definition) is 16. The number of ether oxygens (including phenoxy) is 2. The van der Waals surface area contributed by atoms with Gasteiger partial charge in [0.1, 0.15) is 11.2 Å². The van der Waals surface area contributed by atoms with Crippen LogP contribution in [0.15, 0.2) is 143 Å². The normalized spacial score (nSPS) is 15.6. The Morgan fingerprint density at radius 3 is 1.62 bits per heavy atom. The summed E-state index contributed by atoms with van der Waals surface area (Å²) in [5, 5.41) is 38.5. The fourth-order valence-corrected chi connectivity index (χ4v) is 14.1. The molecule has 0 saturated carbocycles. The molecule has 3 radical (unpaired) electrons. The maximum absolute atomic E-state index is 12.5. The van der Waals surface area contributed by atoms with E-state index in [1.54, 1.807) is 48.5 Å². The molecule has 4 aliphatic rings. The summed E-state index contributed by atoms with van der Waals surface area (Å²) in [6.45, 7) is 14.3. The number of alkyl halides is 3. The molecule has 4 N–H and O–H groups in total. The summed E-state index contributed by atoms with van der Waals surface area (Å²) in [6.07, 6.45) is 10.3. The Labute approximate surface area is 575 Å². The minimum absolute atomic E-state index is 0. The van der Waals surface area contributed by atoms with Gasteiger partial charge in [0.25, 0.3) is 0 Å². The number of carbonyl (C=O) groups excluding carboxylic acids is 3. The van der Waals surface area contributed by atoms with Crippen molar-refractivity contribution in [1.82, 2.24) is 20.4 Å². The molecular formula is C66H81B2F3N4NaO10S5. The van der Waals surface area contributed by atoms with Gasteiger partial charge in [0.2, 0.25) is 12.2 Å². The molecule has 483 valence electrons. The Hall–Kier alpha value is -5.50. The van der Waals surface area contributed by atoms with Crippen LogP contribution in [0.1, 0.15) is 131 Å². The van der Waals surface area contributed by atoms with Gasteiger partial charge in [0.05, 0.1) is 12.0 Å². The summed E-state index contributed by atoms with van der Waals surface area (Å²) in [5.74, 6) is 0.0259. The van der Waals surface area contributed by atoms with Gasteiger partial charge in [-0.15, -0.1) is 45.3 Å². The molecule has 25 heteroatoms. The van der Waals surface area contributed by atoms with Gasteiger partial charge in [-0.25, -0.2) is 14.5 Å². The van der Waals surface area contributed by atoms with Gasteiger partial charge in [0, 0.05) is 96.7 Å². The zero-order valence-electron chi connectivity index (χ0n) is 53.0. The second-order valence-electron chi connectivity index (χ2n) is 22.9. The Bertz CT molecular complexity index is 3840. The number of halogens is 3. The van der Waals surface area contributed by atoms with Crippen LogP contribution in [-0.2, 0) is 28.6 Å². The molecule has 8 heterocycles. The molecule has 1 atom stereocenters. The molecular weight excluding hydrogens is 1270 g/mol. The summed E-state index contributed by atoms with van der Waals surface area (Å²) in [6, 6.07) is 33.9. The fraction of sp³-hybridized carbons (Fsp3) is 0.379. The molecule has 4 aromatic heterocycles. The molecule has 4 aliphatic heterocycles. The van der Waals surface area contributed by atoms with E-state index in [1.165, 1.54) is 102 Å². The molecule has 91 heavy (non-hydrogen) atoms. The third-order valence-electron chi connectivity index (χ3n) is 13.5. The minimum Gasteiger partial charge on any atom is -1.00 e. The van der Waals surface area contributed by atoms with E-state index >= 15 is 0 Å². The van der Waals surface area contributed by atoms with Crippen LogP contribution < -0.4 is 45.7 Å². The zero-order chi connectivity index (χ0) is 63.7. The van der Waals surface area contributed by atoms with Gasteiger partial charge < -0.3 is 35.8 Å². The molecule has 4 aromatic carbocycles. The van der Waals surface area contributed by atoms with Crippen molar-refractivity contribution in [2.45, 2.75) is 130 Å². The molecule has 12 rings (SSSR count). The van der Waals surface area contributed by atoms with Crippen molar-refractivity contribution in [3.8, 4) is 0 Å². The number of amides is 2. The average molecular weight is 1350 g/mol. The van der Waals surface area contributed by atoms with E-state index in [2.05, 4.69) is 99.6 Å². The molecule has 0 spiro atoms. The minimum atomic E-state index is -4.64. The first-order valence-corrected chi connectivity index (χ1v) is 34.4. The number of carbonyl (C=O) groups is 3. The van der Waals surface area contributed by atoms with Crippen molar-refractivity contribution in [2.75, 3.05) is 32.4 Å². The van der Waals surface area contributed by atoms with E-state index in [9.17, 15) is 31.2 Å². The maximum Gasteiger partial charge on any atom is 1.00 e. The molecule has 1 unspecified atom stereocenters. The zero-order valence-corrected chi connectivity index (χ0v) is 58.1. The van der Waals surface area contributed by atoms with Gasteiger partial charge in [-0.2, -0.15) is 21.6 Å². The number of hydrogen-bond donors (Lipinski definition) is 4. The Morgan fingerprint density at radius 2 is 1.10 bits per heavy atom. The number of nitrogens with zero attached hydrogens (tertiary/aromatic N) is 2. The quantitative estimate of drug-likeness (QED) is 0.0703. The van der Waals surface area contributed by atoms with E-state index in [4.69, 9.17) is 28.5 Å². The molecule has 0 bridgehead atoms. The van der Waals surface area contributed by atoms with Crippen LogP contribution in [0.25, 0.3) is 51.7 Å². The number of aldehydes is 1. The van der Waals surface area contributed by atoms with Gasteiger partial charge in [-0.1, -0.05) is 98.8 Å². The van der Waals surface area contributed by atoms with Crippen molar-refractivity contribution in [1.29, 1.82) is 0 Å². The summed E-state index contributed by atoms with van der Waals surface area (Å²) in [5.41, 5.74) is 5.80. The van der Waals surface area contributed by atoms with Gasteiger partial charge in [-0.3, -0.25) is 9.69 Å². The predicted octanol–water partition coefficient (Wildman–Crippen LogP) is 13.1. The van der Waals surface area contributed by atoms with E-state index < -0.39 is 47.0 Å². The average Bonchev–Trinajstić information content (AvgIpc) is 1.62. The van der Waals surface area contributed by atoms with Crippen LogP contribution in [-0.4, -0.2) is 112 Å². The number of piperidine rings is 1. The Balaban J connectivity index is 0.000000293. The molecule has 1 saturated heterocycles. The maximum atomic E-state index is 12.5. The topological polar surface area (TPSA) is 184 Å². The van der Waals surface area contributed by atoms with Crippen molar-refractivity contribution in [2.24, 2.45) is 0 Å². The van der Waals surface area contributed by atoms with Gasteiger partial charge in [0.15, 0.2) is 0 Å².